The van der Waals surface area contributed by atoms with Crippen molar-refractivity contribution in [3.05, 3.63) is 64.7 Å². The summed E-state index contributed by atoms with van der Waals surface area (Å²) in [6.45, 7) is 6.05. The van der Waals surface area contributed by atoms with Gasteiger partial charge in [-0.1, -0.05) is 44.2 Å². The van der Waals surface area contributed by atoms with Crippen LogP contribution in [0, 0.1) is 6.92 Å². The molecule has 0 atom stereocenters. The summed E-state index contributed by atoms with van der Waals surface area (Å²) < 4.78 is 11.2. The van der Waals surface area contributed by atoms with Gasteiger partial charge in [0.15, 0.2) is 6.61 Å². The highest BCUT2D eigenvalue weighted by atomic mass is 16.5. The van der Waals surface area contributed by atoms with Crippen molar-refractivity contribution in [3.63, 3.8) is 0 Å². The van der Waals surface area contributed by atoms with E-state index in [0.717, 1.165) is 22.4 Å². The number of fused-ring (bicyclic) bond motifs is 1. The molecule has 0 saturated heterocycles. The molecule has 6 nitrogen and oxygen atoms in total. The van der Waals surface area contributed by atoms with Gasteiger partial charge < -0.3 is 9.47 Å². The van der Waals surface area contributed by atoms with Crippen LogP contribution in [-0.4, -0.2) is 25.0 Å². The normalized spacial score (nSPS) is 12.5. The maximum absolute atomic E-state index is 12.3. The second-order valence-electron chi connectivity index (χ2n) is 6.98. The molecule has 1 aliphatic heterocycles. The van der Waals surface area contributed by atoms with Gasteiger partial charge in [0.25, 0.3) is 11.8 Å². The molecule has 0 bridgehead atoms. The van der Waals surface area contributed by atoms with Crippen molar-refractivity contribution in [3.8, 4) is 11.5 Å². The Kier molecular flexibility index (Phi) is 5.99. The van der Waals surface area contributed by atoms with Crippen LogP contribution in [0.5, 0.6) is 11.5 Å². The number of hydrogen-bond donors (Lipinski definition) is 2. The van der Waals surface area contributed by atoms with Crippen molar-refractivity contribution in [2.75, 3.05) is 13.2 Å². The van der Waals surface area contributed by atoms with Gasteiger partial charge in [0.05, 0.1) is 5.57 Å². The highest BCUT2D eigenvalue weighted by Gasteiger charge is 2.17. The predicted molar refractivity (Wildman–Crippen MR) is 107 cm³/mol. The summed E-state index contributed by atoms with van der Waals surface area (Å²) in [5, 5.41) is 0. The number of carbonyl (C=O) groups excluding carboxylic acids is 2. The molecule has 2 aromatic carbocycles. The van der Waals surface area contributed by atoms with Crippen LogP contribution >= 0.6 is 0 Å². The smallest absolute Gasteiger partial charge is 0.276 e. The predicted octanol–water partition coefficient (Wildman–Crippen LogP) is 3.12. The number of nitrogens with one attached hydrogen (secondary N) is 2. The van der Waals surface area contributed by atoms with E-state index in [-0.39, 0.29) is 19.1 Å². The molecule has 0 aromatic heterocycles. The molecule has 0 spiro atoms. The molecule has 1 heterocycles. The average Bonchev–Trinajstić information content (AvgIpc) is 2.69. The molecule has 0 unspecified atom stereocenters. The number of aryl methyl sites for hydroxylation is 1. The second-order valence-corrected chi connectivity index (χ2v) is 6.98. The van der Waals surface area contributed by atoms with E-state index in [1.807, 2.05) is 49.4 Å². The fourth-order valence-electron chi connectivity index (χ4n) is 2.88. The van der Waals surface area contributed by atoms with Gasteiger partial charge in [-0.3, -0.25) is 20.4 Å². The van der Waals surface area contributed by atoms with Crippen LogP contribution in [0.4, 0.5) is 0 Å². The third-order valence-electron chi connectivity index (χ3n) is 4.39. The number of ether oxygens (including phenoxy) is 2. The van der Waals surface area contributed by atoms with E-state index in [2.05, 4.69) is 24.7 Å². The standard InChI is InChI=1S/C22H24N2O4/c1-14(2)18-9-8-15(3)10-20(18)28-13-21(25)23-24-22(26)17-11-16-6-4-5-7-19(16)27-12-17/h4-11,14H,12-13H2,1-3H3,(H,23,25)(H,24,26). The molecule has 0 radical (unpaired) electrons. The number of hydrazine groups is 1. The first-order valence-corrected chi connectivity index (χ1v) is 9.19. The minimum Gasteiger partial charge on any atom is -0.488 e. The van der Waals surface area contributed by atoms with Crippen LogP contribution in [-0.2, 0) is 9.59 Å². The molecule has 6 heteroatoms. The van der Waals surface area contributed by atoms with E-state index in [1.54, 1.807) is 6.08 Å². The lowest BCUT2D eigenvalue weighted by Gasteiger charge is -2.18. The highest BCUT2D eigenvalue weighted by Crippen LogP contribution is 2.27. The third kappa shape index (κ3) is 4.71. The fourth-order valence-corrected chi connectivity index (χ4v) is 2.88. The summed E-state index contributed by atoms with van der Waals surface area (Å²) >= 11 is 0. The Balaban J connectivity index is 1.53. The Labute approximate surface area is 164 Å². The summed E-state index contributed by atoms with van der Waals surface area (Å²) in [7, 11) is 0. The maximum atomic E-state index is 12.3. The van der Waals surface area contributed by atoms with Gasteiger partial charge in [0, 0.05) is 5.56 Å². The van der Waals surface area contributed by atoms with Gasteiger partial charge in [-0.15, -0.1) is 0 Å². The summed E-state index contributed by atoms with van der Waals surface area (Å²) in [6, 6.07) is 13.4. The summed E-state index contributed by atoms with van der Waals surface area (Å²) in [5.74, 6) is 0.829. The zero-order valence-electron chi connectivity index (χ0n) is 16.2. The van der Waals surface area contributed by atoms with Crippen LogP contribution in [0.25, 0.3) is 6.08 Å². The first-order valence-electron chi connectivity index (χ1n) is 9.19. The molecule has 146 valence electrons. The molecule has 2 amide bonds. The van der Waals surface area contributed by atoms with E-state index in [1.165, 1.54) is 0 Å². The molecule has 2 N–H and O–H groups in total. The van der Waals surface area contributed by atoms with Crippen molar-refractivity contribution in [1.29, 1.82) is 0 Å². The van der Waals surface area contributed by atoms with Crippen LogP contribution in [0.2, 0.25) is 0 Å². The first kappa shape index (κ1) is 19.5. The van der Waals surface area contributed by atoms with Crippen LogP contribution < -0.4 is 20.3 Å². The second kappa shape index (κ2) is 8.61. The maximum Gasteiger partial charge on any atom is 0.276 e. The van der Waals surface area contributed by atoms with Gasteiger partial charge in [0.2, 0.25) is 0 Å². The third-order valence-corrected chi connectivity index (χ3v) is 4.39. The van der Waals surface area contributed by atoms with Crippen LogP contribution in [0.3, 0.4) is 0 Å². The van der Waals surface area contributed by atoms with Crippen molar-refractivity contribution < 1.29 is 19.1 Å². The van der Waals surface area contributed by atoms with Gasteiger partial charge in [-0.25, -0.2) is 0 Å². The van der Waals surface area contributed by atoms with Gasteiger partial charge in [-0.05, 0) is 42.2 Å². The molecular formula is C22H24N2O4. The lowest BCUT2D eigenvalue weighted by molar-refractivity contribution is -0.128. The van der Waals surface area contributed by atoms with Gasteiger partial charge in [0.1, 0.15) is 18.1 Å². The molecule has 1 aliphatic rings. The summed E-state index contributed by atoms with van der Waals surface area (Å²) in [6.07, 6.45) is 1.75. The molecule has 0 aliphatic carbocycles. The quantitative estimate of drug-likeness (QED) is 0.782. The minimum absolute atomic E-state index is 0.149. The summed E-state index contributed by atoms with van der Waals surface area (Å²) in [4.78, 5) is 24.3. The number of amides is 2. The lowest BCUT2D eigenvalue weighted by atomic mass is 10.0. The van der Waals surface area contributed by atoms with E-state index in [4.69, 9.17) is 9.47 Å². The van der Waals surface area contributed by atoms with E-state index in [9.17, 15) is 9.59 Å². The molecular weight excluding hydrogens is 356 g/mol. The van der Waals surface area contributed by atoms with E-state index in [0.29, 0.717) is 11.3 Å². The van der Waals surface area contributed by atoms with Crippen molar-refractivity contribution in [2.45, 2.75) is 26.7 Å². The minimum atomic E-state index is -0.442. The highest BCUT2D eigenvalue weighted by molar-refractivity contribution is 5.99. The molecule has 0 saturated carbocycles. The molecule has 28 heavy (non-hydrogen) atoms. The van der Waals surface area contributed by atoms with Gasteiger partial charge in [-0.2, -0.15) is 0 Å². The molecule has 2 aromatic rings. The number of benzene rings is 2. The fraction of sp³-hybridized carbons (Fsp3) is 0.273. The Morgan fingerprint density at radius 2 is 1.93 bits per heavy atom. The topological polar surface area (TPSA) is 76.7 Å². The van der Waals surface area contributed by atoms with E-state index < -0.39 is 11.8 Å². The van der Waals surface area contributed by atoms with Gasteiger partial charge >= 0.3 is 0 Å². The van der Waals surface area contributed by atoms with Crippen molar-refractivity contribution in [1.82, 2.24) is 10.9 Å². The monoisotopic (exact) mass is 380 g/mol. The van der Waals surface area contributed by atoms with Crippen LogP contribution in [0.1, 0.15) is 36.5 Å². The molecule has 3 rings (SSSR count). The van der Waals surface area contributed by atoms with E-state index >= 15 is 0 Å². The average molecular weight is 380 g/mol. The number of carbonyl (C=O) groups is 2. The zero-order valence-corrected chi connectivity index (χ0v) is 16.2. The largest absolute Gasteiger partial charge is 0.488 e. The lowest BCUT2D eigenvalue weighted by Crippen LogP contribution is -2.45. The Morgan fingerprint density at radius 3 is 2.71 bits per heavy atom. The zero-order chi connectivity index (χ0) is 20.1. The first-order chi connectivity index (χ1) is 13.4. The van der Waals surface area contributed by atoms with Crippen molar-refractivity contribution in [2.24, 2.45) is 0 Å². The number of para-hydroxylation sites is 1. The number of hydrogen-bond acceptors (Lipinski definition) is 4. The SMILES string of the molecule is Cc1ccc(C(C)C)c(OCC(=O)NNC(=O)C2=Cc3ccccc3OC2)c1. The molecule has 0 fully saturated rings. The Morgan fingerprint density at radius 1 is 1.14 bits per heavy atom. The number of rotatable bonds is 5. The summed E-state index contributed by atoms with van der Waals surface area (Å²) in [5.41, 5.74) is 8.12. The van der Waals surface area contributed by atoms with Crippen LogP contribution in [0.15, 0.2) is 48.0 Å². The van der Waals surface area contributed by atoms with Crippen molar-refractivity contribution >= 4 is 17.9 Å². The Hall–Kier alpha value is -3.28. The Bertz CT molecular complexity index is 919.